The van der Waals surface area contributed by atoms with Gasteiger partial charge in [0.15, 0.2) is 5.78 Å². The molecule has 1 aromatic carbocycles. The van der Waals surface area contributed by atoms with Gasteiger partial charge in [-0.25, -0.2) is 4.98 Å². The maximum atomic E-state index is 12.0. The molecular weight excluding hydrogens is 286 g/mol. The topological polar surface area (TPSA) is 88.8 Å². The number of nitrogens with one attached hydrogen (secondary N) is 1. The van der Waals surface area contributed by atoms with Crippen LogP contribution in [0.3, 0.4) is 0 Å². The molecule has 2 aromatic rings. The minimum atomic E-state index is -0.340. The van der Waals surface area contributed by atoms with Crippen molar-refractivity contribution >= 4 is 45.6 Å². The van der Waals surface area contributed by atoms with E-state index in [9.17, 15) is 9.59 Å². The molecule has 0 spiro atoms. The van der Waals surface area contributed by atoms with E-state index in [4.69, 9.17) is 17.3 Å². The van der Waals surface area contributed by atoms with Crippen molar-refractivity contribution in [3.63, 3.8) is 0 Å². The Hall–Kier alpha value is -1.79. The molecule has 1 aliphatic heterocycles. The number of nitrogens with zero attached hydrogens (tertiary/aromatic N) is 1. The summed E-state index contributed by atoms with van der Waals surface area (Å²) in [6, 6.07) is 4.82. The minimum absolute atomic E-state index is 0.126. The third kappa shape index (κ3) is 2.02. The van der Waals surface area contributed by atoms with E-state index in [1.807, 2.05) is 0 Å². The van der Waals surface area contributed by atoms with Crippen molar-refractivity contribution in [2.75, 3.05) is 5.75 Å². The van der Waals surface area contributed by atoms with Gasteiger partial charge in [0.25, 0.3) is 5.56 Å². The van der Waals surface area contributed by atoms with Crippen LogP contribution < -0.4 is 11.3 Å². The number of thioether (sulfide) groups is 1. The van der Waals surface area contributed by atoms with E-state index < -0.39 is 0 Å². The summed E-state index contributed by atoms with van der Waals surface area (Å²) in [7, 11) is 0. The van der Waals surface area contributed by atoms with Gasteiger partial charge in [-0.1, -0.05) is 23.4 Å². The number of halogens is 1. The number of H-pyrrole nitrogens is 1. The van der Waals surface area contributed by atoms with Crippen LogP contribution in [0.2, 0.25) is 5.02 Å². The quantitative estimate of drug-likeness (QED) is 0.832. The van der Waals surface area contributed by atoms with Crippen molar-refractivity contribution in [3.05, 3.63) is 44.4 Å². The number of ketones is 1. The average molecular weight is 294 g/mol. The monoisotopic (exact) mass is 293 g/mol. The second-order valence-corrected chi connectivity index (χ2v) is 5.48. The fourth-order valence-corrected chi connectivity index (χ4v) is 2.86. The third-order valence-electron chi connectivity index (χ3n) is 2.79. The zero-order chi connectivity index (χ0) is 13.6. The highest BCUT2D eigenvalue weighted by Crippen LogP contribution is 2.30. The number of rotatable bonds is 1. The lowest BCUT2D eigenvalue weighted by molar-refractivity contribution is -0.111. The molecule has 0 amide bonds. The lowest BCUT2D eigenvalue weighted by atomic mass is 10.1. The first-order valence-corrected chi connectivity index (χ1v) is 6.78. The minimum Gasteiger partial charge on any atom is -0.393 e. The van der Waals surface area contributed by atoms with Gasteiger partial charge in [0.05, 0.1) is 27.3 Å². The van der Waals surface area contributed by atoms with Crippen LogP contribution >= 0.6 is 23.4 Å². The summed E-state index contributed by atoms with van der Waals surface area (Å²) in [5, 5.41) is 1.23. The molecule has 3 rings (SSSR count). The molecule has 19 heavy (non-hydrogen) atoms. The Morgan fingerprint density at radius 1 is 1.37 bits per heavy atom. The first-order valence-electron chi connectivity index (χ1n) is 5.42. The zero-order valence-corrected chi connectivity index (χ0v) is 11.1. The largest absolute Gasteiger partial charge is 0.393 e. The van der Waals surface area contributed by atoms with E-state index in [1.54, 1.807) is 12.1 Å². The summed E-state index contributed by atoms with van der Waals surface area (Å²) in [6.45, 7) is 0. The molecule has 0 radical (unpaired) electrons. The number of carbonyl (C=O) groups is 1. The normalized spacial score (nSPS) is 15.5. The highest BCUT2D eigenvalue weighted by atomic mass is 35.5. The van der Waals surface area contributed by atoms with Crippen molar-refractivity contribution in [3.8, 4) is 0 Å². The maximum Gasteiger partial charge on any atom is 0.259 e. The highest BCUT2D eigenvalue weighted by molar-refractivity contribution is 8.04. The number of aromatic nitrogens is 2. The molecule has 2 heterocycles. The average Bonchev–Trinajstić information content (AvgIpc) is 2.70. The van der Waals surface area contributed by atoms with Gasteiger partial charge in [0.2, 0.25) is 0 Å². The van der Waals surface area contributed by atoms with Crippen molar-refractivity contribution in [1.82, 2.24) is 9.97 Å². The van der Waals surface area contributed by atoms with Gasteiger partial charge in [0.1, 0.15) is 5.82 Å². The van der Waals surface area contributed by atoms with Gasteiger partial charge in [0, 0.05) is 5.02 Å². The van der Waals surface area contributed by atoms with Crippen LogP contribution in [0.5, 0.6) is 0 Å². The smallest absolute Gasteiger partial charge is 0.259 e. The second-order valence-electron chi connectivity index (χ2n) is 4.03. The Bertz CT molecular complexity index is 797. The SMILES string of the molecule is NC1=C(c2nc3ccc(Cl)cc3c(=O)[nH]2)C(=O)CS1. The van der Waals surface area contributed by atoms with Gasteiger partial charge in [-0.3, -0.25) is 9.59 Å². The maximum absolute atomic E-state index is 12.0. The van der Waals surface area contributed by atoms with Gasteiger partial charge < -0.3 is 10.7 Å². The molecule has 0 saturated carbocycles. The number of aromatic amines is 1. The predicted octanol–water partition coefficient (Wildman–Crippen LogP) is 1.52. The van der Waals surface area contributed by atoms with E-state index >= 15 is 0 Å². The number of allylic oxidation sites excluding steroid dienone is 1. The van der Waals surface area contributed by atoms with Crippen LogP contribution in [0, 0.1) is 0 Å². The number of carbonyl (C=O) groups excluding carboxylic acids is 1. The molecule has 0 bridgehead atoms. The molecule has 5 nitrogen and oxygen atoms in total. The molecule has 1 aromatic heterocycles. The van der Waals surface area contributed by atoms with E-state index in [2.05, 4.69) is 9.97 Å². The van der Waals surface area contributed by atoms with Crippen LogP contribution in [-0.4, -0.2) is 21.5 Å². The summed E-state index contributed by atoms with van der Waals surface area (Å²) in [5.41, 5.74) is 6.19. The summed E-state index contributed by atoms with van der Waals surface area (Å²) < 4.78 is 0. The fraction of sp³-hybridized carbons (Fsp3) is 0.0833. The number of benzene rings is 1. The predicted molar refractivity (Wildman–Crippen MR) is 75.9 cm³/mol. The van der Waals surface area contributed by atoms with Crippen LogP contribution in [0.1, 0.15) is 5.82 Å². The zero-order valence-electron chi connectivity index (χ0n) is 9.57. The van der Waals surface area contributed by atoms with Gasteiger partial charge in [-0.2, -0.15) is 0 Å². The van der Waals surface area contributed by atoms with E-state index in [1.165, 1.54) is 17.8 Å². The standard InChI is InChI=1S/C12H8ClN3O2S/c13-5-1-2-7-6(3-5)12(18)16-11(15-7)9-8(17)4-19-10(9)14/h1-3H,4,14H2,(H,15,16,18). The Morgan fingerprint density at radius 2 is 2.16 bits per heavy atom. The molecule has 1 aliphatic rings. The molecule has 0 atom stereocenters. The summed E-state index contributed by atoms with van der Waals surface area (Å²) in [6.07, 6.45) is 0. The fourth-order valence-electron chi connectivity index (χ4n) is 1.90. The number of hydrogen-bond acceptors (Lipinski definition) is 5. The Morgan fingerprint density at radius 3 is 2.84 bits per heavy atom. The first-order chi connectivity index (χ1) is 9.06. The molecule has 0 aliphatic carbocycles. The number of Topliss-reactive ketones (excluding diaryl/α,β-unsaturated/α-hetero) is 1. The number of fused-ring (bicyclic) bond motifs is 1. The second kappa shape index (κ2) is 4.40. The molecule has 3 N–H and O–H groups in total. The van der Waals surface area contributed by atoms with Crippen molar-refractivity contribution in [1.29, 1.82) is 0 Å². The van der Waals surface area contributed by atoms with Crippen molar-refractivity contribution < 1.29 is 4.79 Å². The first kappa shape index (κ1) is 12.3. The van der Waals surface area contributed by atoms with Gasteiger partial charge >= 0.3 is 0 Å². The third-order valence-corrected chi connectivity index (χ3v) is 3.94. The summed E-state index contributed by atoms with van der Waals surface area (Å²) in [4.78, 5) is 30.6. The molecule has 0 unspecified atom stereocenters. The lowest BCUT2D eigenvalue weighted by Gasteiger charge is -2.03. The molecule has 7 heteroatoms. The van der Waals surface area contributed by atoms with E-state index in [0.717, 1.165) is 0 Å². The van der Waals surface area contributed by atoms with Gasteiger partial charge in [-0.15, -0.1) is 0 Å². The van der Waals surface area contributed by atoms with Crippen LogP contribution in [0.25, 0.3) is 16.5 Å². The summed E-state index contributed by atoms with van der Waals surface area (Å²) in [5.74, 6) is 0.370. The Kier molecular flexibility index (Phi) is 2.83. The van der Waals surface area contributed by atoms with E-state index in [0.29, 0.717) is 26.5 Å². The molecule has 96 valence electrons. The molecule has 0 saturated heterocycles. The Labute approximate surface area is 116 Å². The van der Waals surface area contributed by atoms with Crippen molar-refractivity contribution in [2.24, 2.45) is 5.73 Å². The van der Waals surface area contributed by atoms with Crippen LogP contribution in [0.15, 0.2) is 28.0 Å². The van der Waals surface area contributed by atoms with Crippen LogP contribution in [-0.2, 0) is 4.79 Å². The van der Waals surface area contributed by atoms with Crippen molar-refractivity contribution in [2.45, 2.75) is 0 Å². The van der Waals surface area contributed by atoms with Crippen LogP contribution in [0.4, 0.5) is 0 Å². The number of nitrogens with two attached hydrogens (primary N) is 1. The summed E-state index contributed by atoms with van der Waals surface area (Å²) >= 11 is 7.08. The molecule has 0 fully saturated rings. The Balaban J connectivity index is 2.28. The molecular formula is C12H8ClN3O2S. The number of hydrogen-bond donors (Lipinski definition) is 2. The lowest BCUT2D eigenvalue weighted by Crippen LogP contribution is -2.14. The van der Waals surface area contributed by atoms with Gasteiger partial charge in [-0.05, 0) is 18.2 Å². The highest BCUT2D eigenvalue weighted by Gasteiger charge is 2.25. The van der Waals surface area contributed by atoms with E-state index in [-0.39, 0.29) is 22.9 Å².